The molecule has 0 saturated heterocycles. The number of nitrogens with one attached hydrogen (secondary N) is 1. The third kappa shape index (κ3) is 5.37. The van der Waals surface area contributed by atoms with Gasteiger partial charge in [0.25, 0.3) is 5.91 Å². The van der Waals surface area contributed by atoms with Crippen LogP contribution >= 0.6 is 0 Å². The molecule has 174 valence electrons. The minimum Gasteiger partial charge on any atom is -0.494 e. The summed E-state index contributed by atoms with van der Waals surface area (Å²) in [5.41, 5.74) is 2.95. The molecule has 0 aliphatic rings. The van der Waals surface area contributed by atoms with Crippen molar-refractivity contribution in [2.45, 2.75) is 39.5 Å². The molecule has 0 aliphatic heterocycles. The van der Waals surface area contributed by atoms with E-state index in [0.717, 1.165) is 24.2 Å². The van der Waals surface area contributed by atoms with Crippen LogP contribution in [0, 0.1) is 6.92 Å². The molecule has 5 nitrogen and oxygen atoms in total. The van der Waals surface area contributed by atoms with Gasteiger partial charge in [-0.05, 0) is 49.7 Å². The van der Waals surface area contributed by atoms with Crippen LogP contribution in [0.2, 0.25) is 0 Å². The molecular weight excluding hydrogens is 426 g/mol. The zero-order valence-corrected chi connectivity index (χ0v) is 19.6. The van der Waals surface area contributed by atoms with Crippen LogP contribution in [0.5, 0.6) is 5.75 Å². The first kappa shape index (κ1) is 23.3. The van der Waals surface area contributed by atoms with Gasteiger partial charge in [-0.15, -0.1) is 0 Å². The molecule has 0 aliphatic carbocycles. The molecule has 1 amide bonds. The molecular formula is C29H29NO4. The molecule has 0 unspecified atom stereocenters. The van der Waals surface area contributed by atoms with Crippen LogP contribution in [0.1, 0.15) is 64.6 Å². The van der Waals surface area contributed by atoms with Crippen molar-refractivity contribution in [3.05, 3.63) is 95.2 Å². The maximum atomic E-state index is 13.2. The van der Waals surface area contributed by atoms with Gasteiger partial charge in [0.1, 0.15) is 11.3 Å². The fraction of sp³-hybridized carbons (Fsp3) is 0.241. The minimum absolute atomic E-state index is 0.116. The third-order valence-electron chi connectivity index (χ3n) is 5.74. The van der Waals surface area contributed by atoms with Crippen molar-refractivity contribution in [1.82, 2.24) is 0 Å². The second kappa shape index (κ2) is 10.8. The van der Waals surface area contributed by atoms with Crippen LogP contribution in [0.4, 0.5) is 5.69 Å². The van der Waals surface area contributed by atoms with Gasteiger partial charge in [0.05, 0.1) is 12.3 Å². The first-order valence-electron chi connectivity index (χ1n) is 11.7. The number of hydrogen-bond donors (Lipinski definition) is 1. The standard InChI is InChI=1S/C29H29NO4/c1-3-4-5-8-19-33-23-17-15-22(16-18-23)29(32)30-26-24-9-6-7-10-25(24)34-28(26)27(31)21-13-11-20(2)12-14-21/h6-7,9-18H,3-5,8,19H2,1-2H3,(H,30,32). The van der Waals surface area contributed by atoms with E-state index in [2.05, 4.69) is 12.2 Å². The maximum Gasteiger partial charge on any atom is 0.255 e. The maximum absolute atomic E-state index is 13.2. The number of fused-ring (bicyclic) bond motifs is 1. The zero-order chi connectivity index (χ0) is 23.9. The van der Waals surface area contributed by atoms with Gasteiger partial charge in [-0.2, -0.15) is 0 Å². The molecule has 0 atom stereocenters. The van der Waals surface area contributed by atoms with Crippen molar-refractivity contribution in [3.63, 3.8) is 0 Å². The van der Waals surface area contributed by atoms with Crippen LogP contribution in [0.3, 0.4) is 0 Å². The molecule has 34 heavy (non-hydrogen) atoms. The topological polar surface area (TPSA) is 68.5 Å². The first-order chi connectivity index (χ1) is 16.6. The van der Waals surface area contributed by atoms with Crippen LogP contribution in [0.15, 0.2) is 77.2 Å². The summed E-state index contributed by atoms with van der Waals surface area (Å²) >= 11 is 0. The number of ketones is 1. The van der Waals surface area contributed by atoms with Gasteiger partial charge in [0.2, 0.25) is 5.78 Å². The summed E-state index contributed by atoms with van der Waals surface area (Å²) in [6, 6.07) is 21.6. The molecule has 4 rings (SSSR count). The Hall–Kier alpha value is -3.86. The highest BCUT2D eigenvalue weighted by atomic mass is 16.5. The van der Waals surface area contributed by atoms with Crippen LogP contribution in [0.25, 0.3) is 11.0 Å². The smallest absolute Gasteiger partial charge is 0.255 e. The van der Waals surface area contributed by atoms with E-state index in [0.29, 0.717) is 34.4 Å². The van der Waals surface area contributed by atoms with E-state index in [1.165, 1.54) is 12.8 Å². The number of carbonyl (C=O) groups is 2. The predicted octanol–water partition coefficient (Wildman–Crippen LogP) is 7.18. The van der Waals surface area contributed by atoms with Crippen molar-refractivity contribution in [3.8, 4) is 5.75 Å². The Morgan fingerprint density at radius 1 is 0.853 bits per heavy atom. The van der Waals surface area contributed by atoms with Gasteiger partial charge >= 0.3 is 0 Å². The number of anilines is 1. The summed E-state index contributed by atoms with van der Waals surface area (Å²) in [5, 5.41) is 3.58. The summed E-state index contributed by atoms with van der Waals surface area (Å²) < 4.78 is 11.7. The lowest BCUT2D eigenvalue weighted by atomic mass is 10.1. The zero-order valence-electron chi connectivity index (χ0n) is 19.6. The Morgan fingerprint density at radius 3 is 2.29 bits per heavy atom. The van der Waals surface area contributed by atoms with Crippen molar-refractivity contribution in [2.75, 3.05) is 11.9 Å². The summed E-state index contributed by atoms with van der Waals surface area (Å²) in [5.74, 6) is 0.250. The molecule has 3 aromatic carbocycles. The Kier molecular flexibility index (Phi) is 7.43. The molecule has 1 heterocycles. The van der Waals surface area contributed by atoms with Crippen LogP contribution in [-0.2, 0) is 0 Å². The van der Waals surface area contributed by atoms with Gasteiger partial charge < -0.3 is 14.5 Å². The van der Waals surface area contributed by atoms with Crippen molar-refractivity contribution < 1.29 is 18.7 Å². The largest absolute Gasteiger partial charge is 0.494 e. The summed E-state index contributed by atoms with van der Waals surface area (Å²) in [6.07, 6.45) is 4.56. The van der Waals surface area contributed by atoms with E-state index in [9.17, 15) is 9.59 Å². The van der Waals surface area contributed by atoms with Gasteiger partial charge in [0.15, 0.2) is 5.76 Å². The molecule has 0 fully saturated rings. The fourth-order valence-electron chi connectivity index (χ4n) is 3.77. The molecule has 5 heteroatoms. The summed E-state index contributed by atoms with van der Waals surface area (Å²) in [7, 11) is 0. The van der Waals surface area contributed by atoms with Gasteiger partial charge in [-0.1, -0.05) is 68.1 Å². The number of benzene rings is 3. The monoisotopic (exact) mass is 455 g/mol. The van der Waals surface area contributed by atoms with E-state index >= 15 is 0 Å². The molecule has 1 N–H and O–H groups in total. The van der Waals surface area contributed by atoms with Crippen LogP contribution in [-0.4, -0.2) is 18.3 Å². The van der Waals surface area contributed by atoms with Crippen molar-refractivity contribution >= 4 is 28.3 Å². The lowest BCUT2D eigenvalue weighted by Crippen LogP contribution is -2.14. The third-order valence-corrected chi connectivity index (χ3v) is 5.74. The molecule has 0 radical (unpaired) electrons. The number of carbonyl (C=O) groups excluding carboxylic acids is 2. The van der Waals surface area contributed by atoms with E-state index in [4.69, 9.17) is 9.15 Å². The molecule has 0 bridgehead atoms. The molecule has 0 spiro atoms. The number of ether oxygens (including phenoxy) is 1. The summed E-state index contributed by atoms with van der Waals surface area (Å²) in [6.45, 7) is 4.80. The highest BCUT2D eigenvalue weighted by Crippen LogP contribution is 2.33. The molecule has 1 aromatic heterocycles. The Balaban J connectivity index is 1.53. The number of para-hydroxylation sites is 1. The fourth-order valence-corrected chi connectivity index (χ4v) is 3.77. The second-order valence-electron chi connectivity index (χ2n) is 8.39. The first-order valence-corrected chi connectivity index (χ1v) is 11.7. The number of furan rings is 1. The minimum atomic E-state index is -0.320. The lowest BCUT2D eigenvalue weighted by molar-refractivity contribution is 0.101. The van der Waals surface area contributed by atoms with E-state index < -0.39 is 0 Å². The number of aryl methyl sites for hydroxylation is 1. The molecule has 4 aromatic rings. The SMILES string of the molecule is CCCCCCOc1ccc(C(=O)Nc2c(C(=O)c3ccc(C)cc3)oc3ccccc23)cc1. The Bertz CT molecular complexity index is 1270. The second-order valence-corrected chi connectivity index (χ2v) is 8.39. The quantitative estimate of drug-likeness (QED) is 0.203. The van der Waals surface area contributed by atoms with Crippen LogP contribution < -0.4 is 10.1 Å². The normalized spacial score (nSPS) is 10.9. The number of unbranched alkanes of at least 4 members (excludes halogenated alkanes) is 3. The van der Waals surface area contributed by atoms with Gasteiger partial charge in [-0.3, -0.25) is 9.59 Å². The Labute approximate surface area is 199 Å². The highest BCUT2D eigenvalue weighted by Gasteiger charge is 2.23. The summed E-state index contributed by atoms with van der Waals surface area (Å²) in [4.78, 5) is 26.3. The average molecular weight is 456 g/mol. The van der Waals surface area contributed by atoms with E-state index in [1.807, 2.05) is 37.3 Å². The molecule has 0 saturated carbocycles. The lowest BCUT2D eigenvalue weighted by Gasteiger charge is -2.09. The van der Waals surface area contributed by atoms with E-state index in [-0.39, 0.29) is 17.5 Å². The average Bonchev–Trinajstić information content (AvgIpc) is 3.22. The van der Waals surface area contributed by atoms with Gasteiger partial charge in [0, 0.05) is 16.5 Å². The Morgan fingerprint density at radius 2 is 1.56 bits per heavy atom. The highest BCUT2D eigenvalue weighted by molar-refractivity contribution is 6.18. The van der Waals surface area contributed by atoms with Gasteiger partial charge in [-0.25, -0.2) is 0 Å². The number of hydrogen-bond acceptors (Lipinski definition) is 4. The predicted molar refractivity (Wildman–Crippen MR) is 135 cm³/mol. The van der Waals surface area contributed by atoms with Crippen molar-refractivity contribution in [1.29, 1.82) is 0 Å². The van der Waals surface area contributed by atoms with E-state index in [1.54, 1.807) is 42.5 Å². The van der Waals surface area contributed by atoms with Crippen molar-refractivity contribution in [2.24, 2.45) is 0 Å². The number of amides is 1. The number of rotatable bonds is 10.